The summed E-state index contributed by atoms with van der Waals surface area (Å²) >= 11 is 0. The standard InChI is InChI=1S/C12H13F3N2O5/c13-12(14,15)7-22-9-2-1-8(5-17-9)11(20)16-3-4-21-6-10(18)19/h1-2,5H,3-4,6-7H2,(H,16,20)(H,18,19). The lowest BCUT2D eigenvalue weighted by atomic mass is 10.2. The van der Waals surface area contributed by atoms with Gasteiger partial charge in [0.05, 0.1) is 12.2 Å². The first-order chi connectivity index (χ1) is 10.3. The van der Waals surface area contributed by atoms with E-state index >= 15 is 0 Å². The zero-order valence-electron chi connectivity index (χ0n) is 11.2. The first kappa shape index (κ1) is 17.7. The summed E-state index contributed by atoms with van der Waals surface area (Å²) in [7, 11) is 0. The van der Waals surface area contributed by atoms with Crippen LogP contribution in [-0.2, 0) is 9.53 Å². The molecule has 0 aliphatic carbocycles. The van der Waals surface area contributed by atoms with Crippen molar-refractivity contribution in [3.8, 4) is 5.88 Å². The lowest BCUT2D eigenvalue weighted by Crippen LogP contribution is -2.28. The minimum Gasteiger partial charge on any atom is -0.480 e. The molecule has 2 N–H and O–H groups in total. The molecule has 1 aromatic rings. The van der Waals surface area contributed by atoms with E-state index in [-0.39, 0.29) is 24.6 Å². The Bertz CT molecular complexity index is 504. The number of nitrogens with one attached hydrogen (secondary N) is 1. The van der Waals surface area contributed by atoms with Crippen LogP contribution in [-0.4, -0.2) is 54.5 Å². The molecular formula is C12H13F3N2O5. The number of carboxylic acids is 1. The third-order valence-electron chi connectivity index (χ3n) is 2.14. The van der Waals surface area contributed by atoms with E-state index in [0.717, 1.165) is 12.3 Å². The molecule has 7 nitrogen and oxygen atoms in total. The van der Waals surface area contributed by atoms with Crippen molar-refractivity contribution >= 4 is 11.9 Å². The molecular weight excluding hydrogens is 309 g/mol. The first-order valence-electron chi connectivity index (χ1n) is 6.01. The van der Waals surface area contributed by atoms with Gasteiger partial charge in [0.2, 0.25) is 5.88 Å². The number of carbonyl (C=O) groups excluding carboxylic acids is 1. The van der Waals surface area contributed by atoms with E-state index in [4.69, 9.17) is 9.84 Å². The molecule has 1 heterocycles. The number of carboxylic acid groups (broad SMARTS) is 1. The molecule has 0 aliphatic heterocycles. The average Bonchev–Trinajstić information content (AvgIpc) is 2.44. The van der Waals surface area contributed by atoms with Gasteiger partial charge in [-0.15, -0.1) is 0 Å². The first-order valence-corrected chi connectivity index (χ1v) is 6.01. The number of rotatable bonds is 8. The number of pyridine rings is 1. The molecule has 0 saturated heterocycles. The van der Waals surface area contributed by atoms with Crippen molar-refractivity contribution in [3.05, 3.63) is 23.9 Å². The summed E-state index contributed by atoms with van der Waals surface area (Å²) in [6.45, 7) is -1.84. The van der Waals surface area contributed by atoms with Crippen LogP contribution in [0.5, 0.6) is 5.88 Å². The van der Waals surface area contributed by atoms with Gasteiger partial charge in [0.1, 0.15) is 6.61 Å². The molecule has 0 saturated carbocycles. The summed E-state index contributed by atoms with van der Waals surface area (Å²) in [5.41, 5.74) is 0.123. The van der Waals surface area contributed by atoms with Crippen LogP contribution in [0.1, 0.15) is 10.4 Å². The second kappa shape index (κ2) is 8.17. The van der Waals surface area contributed by atoms with Crippen molar-refractivity contribution < 1.29 is 37.3 Å². The Morgan fingerprint density at radius 1 is 1.32 bits per heavy atom. The van der Waals surface area contributed by atoms with Gasteiger partial charge in [0.25, 0.3) is 5.91 Å². The van der Waals surface area contributed by atoms with E-state index < -0.39 is 31.3 Å². The van der Waals surface area contributed by atoms with Crippen LogP contribution in [0.25, 0.3) is 0 Å². The predicted molar refractivity (Wildman–Crippen MR) is 66.6 cm³/mol. The summed E-state index contributed by atoms with van der Waals surface area (Å²) in [4.78, 5) is 25.4. The number of ether oxygens (including phenoxy) is 2. The smallest absolute Gasteiger partial charge is 0.422 e. The van der Waals surface area contributed by atoms with E-state index in [1.165, 1.54) is 6.07 Å². The van der Waals surface area contributed by atoms with Crippen molar-refractivity contribution in [2.75, 3.05) is 26.4 Å². The fourth-order valence-corrected chi connectivity index (χ4v) is 1.25. The molecule has 122 valence electrons. The monoisotopic (exact) mass is 322 g/mol. The van der Waals surface area contributed by atoms with Gasteiger partial charge in [-0.3, -0.25) is 4.79 Å². The van der Waals surface area contributed by atoms with Crippen molar-refractivity contribution in [2.24, 2.45) is 0 Å². The molecule has 0 aromatic carbocycles. The molecule has 0 bridgehead atoms. The molecule has 0 atom stereocenters. The predicted octanol–water partition coefficient (Wildman–Crippen LogP) is 0.854. The molecule has 0 unspecified atom stereocenters. The van der Waals surface area contributed by atoms with Gasteiger partial charge >= 0.3 is 12.1 Å². The fraction of sp³-hybridized carbons (Fsp3) is 0.417. The Morgan fingerprint density at radius 2 is 2.05 bits per heavy atom. The summed E-state index contributed by atoms with van der Waals surface area (Å²) in [6.07, 6.45) is -3.40. The maximum Gasteiger partial charge on any atom is 0.422 e. The van der Waals surface area contributed by atoms with E-state index in [1.54, 1.807) is 0 Å². The largest absolute Gasteiger partial charge is 0.480 e. The van der Waals surface area contributed by atoms with Crippen molar-refractivity contribution in [1.82, 2.24) is 10.3 Å². The highest BCUT2D eigenvalue weighted by molar-refractivity contribution is 5.93. The van der Waals surface area contributed by atoms with Crippen LogP contribution in [0, 0.1) is 0 Å². The third kappa shape index (κ3) is 7.43. The van der Waals surface area contributed by atoms with Crippen LogP contribution in [0.2, 0.25) is 0 Å². The van der Waals surface area contributed by atoms with Gasteiger partial charge in [-0.1, -0.05) is 0 Å². The third-order valence-corrected chi connectivity index (χ3v) is 2.14. The highest BCUT2D eigenvalue weighted by Gasteiger charge is 2.28. The lowest BCUT2D eigenvalue weighted by Gasteiger charge is -2.09. The second-order valence-corrected chi connectivity index (χ2v) is 3.99. The van der Waals surface area contributed by atoms with Crippen molar-refractivity contribution in [3.63, 3.8) is 0 Å². The van der Waals surface area contributed by atoms with E-state index in [2.05, 4.69) is 15.0 Å². The van der Waals surface area contributed by atoms with Crippen LogP contribution in [0.3, 0.4) is 0 Å². The molecule has 0 spiro atoms. The Morgan fingerprint density at radius 3 is 2.59 bits per heavy atom. The normalized spacial score (nSPS) is 11.0. The van der Waals surface area contributed by atoms with E-state index in [0.29, 0.717) is 0 Å². The van der Waals surface area contributed by atoms with Gasteiger partial charge in [-0.25, -0.2) is 9.78 Å². The number of aliphatic carboxylic acids is 1. The van der Waals surface area contributed by atoms with Crippen LogP contribution < -0.4 is 10.1 Å². The lowest BCUT2D eigenvalue weighted by molar-refractivity contribution is -0.154. The zero-order chi connectivity index (χ0) is 16.6. The maximum absolute atomic E-state index is 11.9. The van der Waals surface area contributed by atoms with Crippen molar-refractivity contribution in [2.45, 2.75) is 6.18 Å². The summed E-state index contributed by atoms with van der Waals surface area (Å²) in [5.74, 6) is -1.89. The molecule has 0 aliphatic rings. The number of aromatic nitrogens is 1. The fourth-order valence-electron chi connectivity index (χ4n) is 1.25. The topological polar surface area (TPSA) is 97.8 Å². The molecule has 1 rings (SSSR count). The molecule has 1 amide bonds. The summed E-state index contributed by atoms with van der Waals surface area (Å²) in [5, 5.41) is 10.7. The molecule has 22 heavy (non-hydrogen) atoms. The number of halogens is 3. The number of hydrogen-bond donors (Lipinski definition) is 2. The van der Waals surface area contributed by atoms with Crippen LogP contribution >= 0.6 is 0 Å². The van der Waals surface area contributed by atoms with E-state index in [1.807, 2.05) is 0 Å². The van der Waals surface area contributed by atoms with Crippen LogP contribution in [0.4, 0.5) is 13.2 Å². The molecule has 0 radical (unpaired) electrons. The Labute approximate surface area is 123 Å². The Kier molecular flexibility index (Phi) is 6.57. The zero-order valence-corrected chi connectivity index (χ0v) is 11.2. The number of carbonyl (C=O) groups is 2. The minimum absolute atomic E-state index is 0.0121. The minimum atomic E-state index is -4.46. The number of alkyl halides is 3. The van der Waals surface area contributed by atoms with Crippen molar-refractivity contribution in [1.29, 1.82) is 0 Å². The van der Waals surface area contributed by atoms with Gasteiger partial charge in [0.15, 0.2) is 6.61 Å². The SMILES string of the molecule is O=C(O)COCCNC(=O)c1ccc(OCC(F)(F)F)nc1. The van der Waals surface area contributed by atoms with Gasteiger partial charge < -0.3 is 19.9 Å². The molecule has 0 fully saturated rings. The molecule has 10 heteroatoms. The number of nitrogens with zero attached hydrogens (tertiary/aromatic N) is 1. The maximum atomic E-state index is 11.9. The quantitative estimate of drug-likeness (QED) is 0.689. The number of hydrogen-bond acceptors (Lipinski definition) is 5. The van der Waals surface area contributed by atoms with E-state index in [9.17, 15) is 22.8 Å². The highest BCUT2D eigenvalue weighted by Crippen LogP contribution is 2.16. The van der Waals surface area contributed by atoms with Crippen LogP contribution in [0.15, 0.2) is 18.3 Å². The van der Waals surface area contributed by atoms with Gasteiger partial charge in [0, 0.05) is 18.8 Å². The Hall–Kier alpha value is -2.36. The molecule has 1 aromatic heterocycles. The average molecular weight is 322 g/mol. The van der Waals surface area contributed by atoms with Gasteiger partial charge in [-0.2, -0.15) is 13.2 Å². The second-order valence-electron chi connectivity index (χ2n) is 3.99. The Balaban J connectivity index is 2.36. The summed E-state index contributed by atoms with van der Waals surface area (Å²) < 4.78 is 44.9. The van der Waals surface area contributed by atoms with Gasteiger partial charge in [-0.05, 0) is 6.07 Å². The highest BCUT2D eigenvalue weighted by atomic mass is 19.4. The number of amides is 1. The summed E-state index contributed by atoms with van der Waals surface area (Å²) in [6, 6.07) is 2.40.